The van der Waals surface area contributed by atoms with Gasteiger partial charge in [-0.3, -0.25) is 4.79 Å². The van der Waals surface area contributed by atoms with Crippen LogP contribution in [0.25, 0.3) is 0 Å². The van der Waals surface area contributed by atoms with Gasteiger partial charge in [-0.1, -0.05) is 19.3 Å². The summed E-state index contributed by atoms with van der Waals surface area (Å²) < 4.78 is 28.5. The number of hydrogen-bond acceptors (Lipinski definition) is 3. The molecule has 0 aromatic heterocycles. The number of carbonyl (C=O) groups is 1. The fraction of sp³-hybridized carbons (Fsp3) is 0.933. The quantitative estimate of drug-likeness (QED) is 0.740. The zero-order valence-corrected chi connectivity index (χ0v) is 12.5. The van der Waals surface area contributed by atoms with E-state index in [-0.39, 0.29) is 30.5 Å². The number of carbonyl (C=O) groups excluding carboxylic acids is 1. The smallest absolute Gasteiger partial charge is 0.261 e. The van der Waals surface area contributed by atoms with Gasteiger partial charge in [-0.25, -0.2) is 8.78 Å². The Balaban J connectivity index is 1.68. The molecule has 1 atom stereocenters. The maximum absolute atomic E-state index is 11.9. The third-order valence-electron chi connectivity index (χ3n) is 4.52. The van der Waals surface area contributed by atoms with Gasteiger partial charge in [0.25, 0.3) is 6.43 Å². The monoisotopic (exact) mass is 304 g/mol. The third kappa shape index (κ3) is 5.51. The first-order chi connectivity index (χ1) is 10.1. The van der Waals surface area contributed by atoms with E-state index in [1.807, 2.05) is 0 Å². The number of hydrogen-bond donors (Lipinski definition) is 2. The van der Waals surface area contributed by atoms with Crippen LogP contribution in [-0.4, -0.2) is 43.7 Å². The van der Waals surface area contributed by atoms with Crippen molar-refractivity contribution >= 4 is 5.91 Å². The van der Waals surface area contributed by atoms with Crippen molar-refractivity contribution in [2.24, 2.45) is 0 Å². The van der Waals surface area contributed by atoms with Crippen molar-refractivity contribution in [2.75, 3.05) is 19.8 Å². The summed E-state index contributed by atoms with van der Waals surface area (Å²) >= 11 is 0. The largest absolute Gasteiger partial charge is 0.375 e. The predicted molar refractivity (Wildman–Crippen MR) is 76.4 cm³/mol. The van der Waals surface area contributed by atoms with Crippen LogP contribution in [0.2, 0.25) is 0 Å². The van der Waals surface area contributed by atoms with E-state index >= 15 is 0 Å². The van der Waals surface area contributed by atoms with Gasteiger partial charge in [0, 0.05) is 18.0 Å². The maximum atomic E-state index is 11.9. The normalized spacial score (nSPS) is 25.2. The lowest BCUT2D eigenvalue weighted by Crippen LogP contribution is -2.57. The molecule has 1 saturated heterocycles. The molecule has 1 saturated carbocycles. The highest BCUT2D eigenvalue weighted by Crippen LogP contribution is 2.34. The van der Waals surface area contributed by atoms with E-state index in [0.717, 1.165) is 19.4 Å². The number of alkyl halides is 2. The topological polar surface area (TPSA) is 50.4 Å². The van der Waals surface area contributed by atoms with Crippen molar-refractivity contribution in [1.29, 1.82) is 0 Å². The van der Waals surface area contributed by atoms with Crippen molar-refractivity contribution in [3.8, 4) is 0 Å². The van der Waals surface area contributed by atoms with E-state index in [1.54, 1.807) is 0 Å². The van der Waals surface area contributed by atoms with Gasteiger partial charge in [-0.15, -0.1) is 0 Å². The van der Waals surface area contributed by atoms with E-state index in [1.165, 1.54) is 32.1 Å². The molecule has 1 amide bonds. The highest BCUT2D eigenvalue weighted by molar-refractivity contribution is 5.76. The Morgan fingerprint density at radius 2 is 2.10 bits per heavy atom. The van der Waals surface area contributed by atoms with Crippen LogP contribution in [-0.2, 0) is 9.53 Å². The molecule has 2 rings (SSSR count). The first-order valence-corrected chi connectivity index (χ1v) is 8.00. The average molecular weight is 304 g/mol. The summed E-state index contributed by atoms with van der Waals surface area (Å²) in [5.41, 5.74) is 0.209. The Morgan fingerprint density at radius 3 is 2.81 bits per heavy atom. The van der Waals surface area contributed by atoms with Gasteiger partial charge in [-0.2, -0.15) is 0 Å². The minimum Gasteiger partial charge on any atom is -0.375 e. The Morgan fingerprint density at radius 1 is 1.33 bits per heavy atom. The molecule has 2 aliphatic rings. The highest BCUT2D eigenvalue weighted by Gasteiger charge is 2.37. The second-order valence-electron chi connectivity index (χ2n) is 6.24. The molecule has 122 valence electrons. The summed E-state index contributed by atoms with van der Waals surface area (Å²) in [4.78, 5) is 11.8. The molecule has 2 N–H and O–H groups in total. The summed E-state index contributed by atoms with van der Waals surface area (Å²) in [5, 5.41) is 6.68. The molecule has 1 spiro atoms. The highest BCUT2D eigenvalue weighted by atomic mass is 19.3. The second-order valence-corrected chi connectivity index (χ2v) is 6.24. The summed E-state index contributed by atoms with van der Waals surface area (Å²) in [7, 11) is 0. The molecule has 1 aliphatic carbocycles. The zero-order valence-electron chi connectivity index (χ0n) is 12.5. The van der Waals surface area contributed by atoms with Crippen LogP contribution in [0, 0.1) is 0 Å². The zero-order chi connectivity index (χ0) is 15.1. The second kappa shape index (κ2) is 8.03. The van der Waals surface area contributed by atoms with E-state index in [0.29, 0.717) is 0 Å². The number of piperidine rings is 1. The van der Waals surface area contributed by atoms with Gasteiger partial charge in [0.2, 0.25) is 5.91 Å². The standard InChI is InChI=1S/C15H26F2N2O2/c16-13(17)11-21-9-5-14(20)19-12-4-8-18-15(10-12)6-2-1-3-7-15/h12-13,18H,1-11H2,(H,19,20). The van der Waals surface area contributed by atoms with Crippen LogP contribution in [0.4, 0.5) is 8.78 Å². The van der Waals surface area contributed by atoms with E-state index in [9.17, 15) is 13.6 Å². The first kappa shape index (κ1) is 16.6. The third-order valence-corrected chi connectivity index (χ3v) is 4.52. The molecule has 0 aromatic rings. The SMILES string of the molecule is O=C(CCOCC(F)F)NC1CCNC2(CCCCC2)C1. The molecule has 6 heteroatoms. The van der Waals surface area contributed by atoms with E-state index < -0.39 is 13.0 Å². The number of halogens is 2. The fourth-order valence-corrected chi connectivity index (χ4v) is 3.53. The van der Waals surface area contributed by atoms with Crippen molar-refractivity contribution < 1.29 is 18.3 Å². The first-order valence-electron chi connectivity index (χ1n) is 8.00. The summed E-state index contributed by atoms with van der Waals surface area (Å²) in [6.07, 6.45) is 5.81. The predicted octanol–water partition coefficient (Wildman–Crippen LogP) is 2.23. The van der Waals surface area contributed by atoms with Crippen molar-refractivity contribution in [3.05, 3.63) is 0 Å². The lowest BCUT2D eigenvalue weighted by Gasteiger charge is -2.44. The Labute approximate surface area is 125 Å². The van der Waals surface area contributed by atoms with Crippen LogP contribution >= 0.6 is 0 Å². The van der Waals surface area contributed by atoms with Crippen LogP contribution < -0.4 is 10.6 Å². The molecule has 2 fully saturated rings. The van der Waals surface area contributed by atoms with Gasteiger partial charge in [0.05, 0.1) is 6.61 Å². The Kier molecular flexibility index (Phi) is 6.36. The van der Waals surface area contributed by atoms with Gasteiger partial charge in [0.15, 0.2) is 0 Å². The van der Waals surface area contributed by atoms with Gasteiger partial charge in [-0.05, 0) is 32.2 Å². The van der Waals surface area contributed by atoms with Crippen LogP contribution in [0.1, 0.15) is 51.4 Å². The molecule has 0 radical (unpaired) electrons. The number of ether oxygens (including phenoxy) is 1. The van der Waals surface area contributed by atoms with Crippen molar-refractivity contribution in [3.63, 3.8) is 0 Å². The molecule has 1 heterocycles. The Hall–Kier alpha value is -0.750. The lowest BCUT2D eigenvalue weighted by atomic mass is 9.75. The van der Waals surface area contributed by atoms with Crippen molar-refractivity contribution in [2.45, 2.75) is 69.4 Å². The molecule has 1 unspecified atom stereocenters. The van der Waals surface area contributed by atoms with E-state index in [2.05, 4.69) is 10.6 Å². The molecule has 0 aromatic carbocycles. The minimum absolute atomic E-state index is 0.0618. The van der Waals surface area contributed by atoms with Gasteiger partial charge >= 0.3 is 0 Å². The molecule has 0 bridgehead atoms. The summed E-state index contributed by atoms with van der Waals surface area (Å²) in [6.45, 7) is 0.406. The fourth-order valence-electron chi connectivity index (χ4n) is 3.53. The van der Waals surface area contributed by atoms with Gasteiger partial charge in [0.1, 0.15) is 6.61 Å². The summed E-state index contributed by atoms with van der Waals surface area (Å²) in [5.74, 6) is -0.0953. The average Bonchev–Trinajstić information content (AvgIpc) is 2.44. The Bertz CT molecular complexity index is 328. The number of nitrogens with one attached hydrogen (secondary N) is 2. The number of rotatable bonds is 6. The van der Waals surface area contributed by atoms with Gasteiger partial charge < -0.3 is 15.4 Å². The molecule has 1 aliphatic heterocycles. The molecular formula is C15H26F2N2O2. The van der Waals surface area contributed by atoms with Crippen LogP contribution in [0.5, 0.6) is 0 Å². The lowest BCUT2D eigenvalue weighted by molar-refractivity contribution is -0.123. The van der Waals surface area contributed by atoms with Crippen LogP contribution in [0.3, 0.4) is 0 Å². The van der Waals surface area contributed by atoms with Crippen LogP contribution in [0.15, 0.2) is 0 Å². The molecule has 21 heavy (non-hydrogen) atoms. The molecule has 4 nitrogen and oxygen atoms in total. The number of amides is 1. The minimum atomic E-state index is -2.47. The van der Waals surface area contributed by atoms with Crippen molar-refractivity contribution in [1.82, 2.24) is 10.6 Å². The van der Waals surface area contributed by atoms with E-state index in [4.69, 9.17) is 4.74 Å². The maximum Gasteiger partial charge on any atom is 0.261 e. The molecular weight excluding hydrogens is 278 g/mol. The summed E-state index contributed by atoms with van der Waals surface area (Å²) in [6, 6.07) is 0.201.